The lowest BCUT2D eigenvalue weighted by Crippen LogP contribution is -2.27. The molecule has 7 nitrogen and oxygen atoms in total. The maximum absolute atomic E-state index is 11.9. The Hall–Kier alpha value is -2.57. The van der Waals surface area contributed by atoms with Crippen LogP contribution in [0.4, 0.5) is 10.5 Å². The Morgan fingerprint density at radius 1 is 1.29 bits per heavy atom. The number of aromatic nitrogens is 2. The van der Waals surface area contributed by atoms with E-state index in [9.17, 15) is 9.59 Å². The summed E-state index contributed by atoms with van der Waals surface area (Å²) in [5, 5.41) is 7.90. The zero-order chi connectivity index (χ0) is 17.9. The Kier molecular flexibility index (Phi) is 5.11. The third kappa shape index (κ3) is 4.71. The van der Waals surface area contributed by atoms with Crippen molar-refractivity contribution in [2.45, 2.75) is 46.8 Å². The summed E-state index contributed by atoms with van der Waals surface area (Å²) in [6.07, 6.45) is 1.23. The number of benzene rings is 1. The number of hydrogen-bond donors (Lipinski definition) is 1. The van der Waals surface area contributed by atoms with E-state index in [2.05, 4.69) is 10.4 Å². The quantitative estimate of drug-likeness (QED) is 0.869. The third-order valence-electron chi connectivity index (χ3n) is 3.13. The maximum atomic E-state index is 11.9. The van der Waals surface area contributed by atoms with Crippen LogP contribution in [0, 0.1) is 6.92 Å². The fourth-order valence-corrected chi connectivity index (χ4v) is 2.20. The van der Waals surface area contributed by atoms with Crippen LogP contribution in [-0.2, 0) is 20.8 Å². The minimum Gasteiger partial charge on any atom is -0.465 e. The average Bonchev–Trinajstić information content (AvgIpc) is 2.78. The Labute approximate surface area is 140 Å². The molecule has 1 N–H and O–H groups in total. The number of hydrogen-bond acceptors (Lipinski definition) is 5. The molecule has 0 unspecified atom stereocenters. The summed E-state index contributed by atoms with van der Waals surface area (Å²) >= 11 is 0. The summed E-state index contributed by atoms with van der Waals surface area (Å²) in [5.41, 5.74) is 1.68. The van der Waals surface area contributed by atoms with E-state index >= 15 is 0 Å². The standard InChI is InChI=1S/C17H23N3O4/c1-6-23-15(21)10-20-9-12-8-13(11(2)7-14(12)19-20)18-16(22)24-17(3,4)5/h7-9H,6,10H2,1-5H3,(H,18,22). The molecule has 1 aromatic heterocycles. The van der Waals surface area contributed by atoms with Crippen LogP contribution in [0.5, 0.6) is 0 Å². The molecular formula is C17H23N3O4. The Morgan fingerprint density at radius 3 is 2.62 bits per heavy atom. The van der Waals surface area contributed by atoms with Crippen molar-refractivity contribution in [2.24, 2.45) is 0 Å². The van der Waals surface area contributed by atoms with Crippen LogP contribution in [-0.4, -0.2) is 34.1 Å². The van der Waals surface area contributed by atoms with Crippen LogP contribution >= 0.6 is 0 Å². The van der Waals surface area contributed by atoms with Gasteiger partial charge < -0.3 is 9.47 Å². The van der Waals surface area contributed by atoms with E-state index in [1.807, 2.05) is 39.8 Å². The van der Waals surface area contributed by atoms with E-state index in [-0.39, 0.29) is 12.5 Å². The SMILES string of the molecule is CCOC(=O)Cn1cc2cc(NC(=O)OC(C)(C)C)c(C)cc2n1. The zero-order valence-electron chi connectivity index (χ0n) is 14.7. The van der Waals surface area contributed by atoms with E-state index in [1.165, 1.54) is 4.68 Å². The van der Waals surface area contributed by atoms with Crippen LogP contribution in [0.2, 0.25) is 0 Å². The monoisotopic (exact) mass is 333 g/mol. The predicted molar refractivity (Wildman–Crippen MR) is 91.0 cm³/mol. The molecular weight excluding hydrogens is 310 g/mol. The number of nitrogens with zero attached hydrogens (tertiary/aromatic N) is 2. The molecule has 0 aliphatic rings. The van der Waals surface area contributed by atoms with Crippen molar-refractivity contribution in [1.29, 1.82) is 0 Å². The van der Waals surface area contributed by atoms with Gasteiger partial charge in [-0.1, -0.05) is 0 Å². The van der Waals surface area contributed by atoms with Gasteiger partial charge >= 0.3 is 12.1 Å². The van der Waals surface area contributed by atoms with Gasteiger partial charge in [-0.2, -0.15) is 5.10 Å². The molecule has 0 fully saturated rings. The molecule has 0 radical (unpaired) electrons. The number of carbonyl (C=O) groups excluding carboxylic acids is 2. The van der Waals surface area contributed by atoms with E-state index in [1.54, 1.807) is 13.1 Å². The largest absolute Gasteiger partial charge is 0.465 e. The number of nitrogens with one attached hydrogen (secondary N) is 1. The van der Waals surface area contributed by atoms with Crippen LogP contribution in [0.15, 0.2) is 18.3 Å². The van der Waals surface area contributed by atoms with Gasteiger partial charge in [-0.05, 0) is 52.3 Å². The van der Waals surface area contributed by atoms with Gasteiger partial charge in [0.05, 0.1) is 12.1 Å². The van der Waals surface area contributed by atoms with E-state index in [0.29, 0.717) is 12.3 Å². The van der Waals surface area contributed by atoms with Crippen molar-refractivity contribution in [1.82, 2.24) is 9.78 Å². The van der Waals surface area contributed by atoms with E-state index in [0.717, 1.165) is 16.5 Å². The number of esters is 1. The summed E-state index contributed by atoms with van der Waals surface area (Å²) in [4.78, 5) is 23.5. The number of anilines is 1. The summed E-state index contributed by atoms with van der Waals surface area (Å²) in [6, 6.07) is 3.66. The number of aryl methyl sites for hydroxylation is 1. The summed E-state index contributed by atoms with van der Waals surface area (Å²) in [7, 11) is 0. The Morgan fingerprint density at radius 2 is 2.00 bits per heavy atom. The van der Waals surface area contributed by atoms with Crippen molar-refractivity contribution in [3.8, 4) is 0 Å². The number of amides is 1. The van der Waals surface area contributed by atoms with Crippen LogP contribution in [0.3, 0.4) is 0 Å². The molecule has 0 saturated heterocycles. The smallest absolute Gasteiger partial charge is 0.412 e. The van der Waals surface area contributed by atoms with Crippen LogP contribution in [0.25, 0.3) is 10.9 Å². The normalized spacial score (nSPS) is 11.4. The lowest BCUT2D eigenvalue weighted by molar-refractivity contribution is -0.144. The molecule has 2 aromatic rings. The van der Waals surface area contributed by atoms with Gasteiger partial charge in [0.2, 0.25) is 0 Å². The second-order valence-electron chi connectivity index (χ2n) is 6.48. The molecule has 1 aromatic carbocycles. The van der Waals surface area contributed by atoms with Crippen molar-refractivity contribution < 1.29 is 19.1 Å². The number of ether oxygens (including phenoxy) is 2. The van der Waals surface area contributed by atoms with E-state index in [4.69, 9.17) is 9.47 Å². The molecule has 130 valence electrons. The lowest BCUT2D eigenvalue weighted by atomic mass is 10.1. The van der Waals surface area contributed by atoms with E-state index < -0.39 is 11.7 Å². The minimum absolute atomic E-state index is 0.0520. The molecule has 1 heterocycles. The summed E-state index contributed by atoms with van der Waals surface area (Å²) in [5.74, 6) is -0.339. The van der Waals surface area contributed by atoms with Gasteiger partial charge in [0.15, 0.2) is 0 Å². The first kappa shape index (κ1) is 17.8. The third-order valence-corrected chi connectivity index (χ3v) is 3.13. The topological polar surface area (TPSA) is 82.5 Å². The molecule has 1 amide bonds. The first-order chi connectivity index (χ1) is 11.2. The highest BCUT2D eigenvalue weighted by molar-refractivity contribution is 5.91. The van der Waals surface area contributed by atoms with Gasteiger partial charge in [-0.3, -0.25) is 14.8 Å². The molecule has 0 bridgehead atoms. The number of carbonyl (C=O) groups is 2. The first-order valence-corrected chi connectivity index (χ1v) is 7.81. The maximum Gasteiger partial charge on any atom is 0.412 e. The Balaban J connectivity index is 2.19. The predicted octanol–water partition coefficient (Wildman–Crippen LogP) is 3.25. The lowest BCUT2D eigenvalue weighted by Gasteiger charge is -2.20. The highest BCUT2D eigenvalue weighted by atomic mass is 16.6. The second kappa shape index (κ2) is 6.90. The molecule has 7 heteroatoms. The molecule has 0 aliphatic carbocycles. The van der Waals surface area contributed by atoms with Gasteiger partial charge in [0.25, 0.3) is 0 Å². The summed E-state index contributed by atoms with van der Waals surface area (Å²) < 4.78 is 11.7. The van der Waals surface area contributed by atoms with Crippen molar-refractivity contribution in [3.05, 3.63) is 23.9 Å². The Bertz CT molecular complexity index is 759. The fourth-order valence-electron chi connectivity index (χ4n) is 2.20. The molecule has 24 heavy (non-hydrogen) atoms. The van der Waals surface area contributed by atoms with Gasteiger partial charge in [0.1, 0.15) is 12.1 Å². The highest BCUT2D eigenvalue weighted by Gasteiger charge is 2.17. The van der Waals surface area contributed by atoms with Crippen molar-refractivity contribution in [3.63, 3.8) is 0 Å². The minimum atomic E-state index is -0.563. The van der Waals surface area contributed by atoms with Crippen molar-refractivity contribution in [2.75, 3.05) is 11.9 Å². The molecule has 0 aliphatic heterocycles. The highest BCUT2D eigenvalue weighted by Crippen LogP contribution is 2.23. The first-order valence-electron chi connectivity index (χ1n) is 7.81. The second-order valence-corrected chi connectivity index (χ2v) is 6.48. The summed E-state index contributed by atoms with van der Waals surface area (Å²) in [6.45, 7) is 9.44. The number of fused-ring (bicyclic) bond motifs is 1. The fraction of sp³-hybridized carbons (Fsp3) is 0.471. The molecule has 0 atom stereocenters. The van der Waals surface area contributed by atoms with Gasteiger partial charge in [-0.25, -0.2) is 4.79 Å². The van der Waals surface area contributed by atoms with Gasteiger partial charge in [-0.15, -0.1) is 0 Å². The van der Waals surface area contributed by atoms with Crippen LogP contribution in [0.1, 0.15) is 33.3 Å². The molecule has 0 spiro atoms. The average molecular weight is 333 g/mol. The molecule has 2 rings (SSSR count). The van der Waals surface area contributed by atoms with Crippen LogP contribution < -0.4 is 5.32 Å². The molecule has 0 saturated carbocycles. The number of rotatable bonds is 4. The zero-order valence-corrected chi connectivity index (χ0v) is 14.7. The van der Waals surface area contributed by atoms with Crippen molar-refractivity contribution >= 4 is 28.7 Å². The van der Waals surface area contributed by atoms with Gasteiger partial charge in [0, 0.05) is 17.3 Å².